The summed E-state index contributed by atoms with van der Waals surface area (Å²) in [6, 6.07) is -0.863. The molecule has 72 valence electrons. The van der Waals surface area contributed by atoms with Crippen molar-refractivity contribution in [2.45, 2.75) is 6.04 Å². The van der Waals surface area contributed by atoms with E-state index < -0.39 is 12.0 Å². The molecule has 1 unspecified atom stereocenters. The summed E-state index contributed by atoms with van der Waals surface area (Å²) in [5, 5.41) is 13.8. The summed E-state index contributed by atoms with van der Waals surface area (Å²) in [7, 11) is 0. The highest BCUT2D eigenvalue weighted by Crippen LogP contribution is 2.26. The molecule has 1 rings (SSSR count). The second-order valence-corrected chi connectivity index (χ2v) is 4.59. The lowest BCUT2D eigenvalue weighted by Gasteiger charge is -2.18. The Balaban J connectivity index is 2.67. The van der Waals surface area contributed by atoms with Crippen molar-refractivity contribution in [3.63, 3.8) is 0 Å². The fraction of sp³-hybridized carbons (Fsp3) is 0.429. The number of rotatable bonds is 4. The van der Waals surface area contributed by atoms with Crippen LogP contribution in [0.5, 0.6) is 0 Å². The molecule has 13 heavy (non-hydrogen) atoms. The van der Waals surface area contributed by atoms with Gasteiger partial charge < -0.3 is 10.4 Å². The molecule has 0 fully saturated rings. The second kappa shape index (κ2) is 5.18. The molecule has 1 aliphatic rings. The third kappa shape index (κ3) is 2.96. The van der Waals surface area contributed by atoms with E-state index in [2.05, 4.69) is 5.32 Å². The standard InChI is InChI=1S/C7H9NO3S2/c9-3-8-6(7(10)11)5-1-12-4-13-2-5/h1,3,6H,2,4H2,(H,8,9)(H,10,11). The first-order chi connectivity index (χ1) is 6.25. The Hall–Kier alpha value is -0.620. The SMILES string of the molecule is O=CNC(C(=O)O)C1=CSCSC1. The van der Waals surface area contributed by atoms with Crippen LogP contribution in [0.15, 0.2) is 11.0 Å². The van der Waals surface area contributed by atoms with Crippen molar-refractivity contribution in [1.29, 1.82) is 0 Å². The minimum absolute atomic E-state index is 0.420. The highest BCUT2D eigenvalue weighted by atomic mass is 32.2. The zero-order valence-electron chi connectivity index (χ0n) is 6.73. The first-order valence-electron chi connectivity index (χ1n) is 3.56. The summed E-state index contributed by atoms with van der Waals surface area (Å²) < 4.78 is 0. The quantitative estimate of drug-likeness (QED) is 0.674. The van der Waals surface area contributed by atoms with Gasteiger partial charge in [-0.05, 0) is 11.0 Å². The monoisotopic (exact) mass is 219 g/mol. The lowest BCUT2D eigenvalue weighted by Crippen LogP contribution is -2.38. The van der Waals surface area contributed by atoms with E-state index in [1.54, 1.807) is 23.5 Å². The third-order valence-corrected chi connectivity index (χ3v) is 3.73. The molecule has 6 heteroatoms. The number of aliphatic carboxylic acids is 1. The van der Waals surface area contributed by atoms with Gasteiger partial charge in [0.25, 0.3) is 0 Å². The average molecular weight is 219 g/mol. The van der Waals surface area contributed by atoms with E-state index in [1.165, 1.54) is 0 Å². The normalized spacial score (nSPS) is 18.6. The van der Waals surface area contributed by atoms with Crippen molar-refractivity contribution in [3.8, 4) is 0 Å². The second-order valence-electron chi connectivity index (χ2n) is 2.38. The molecule has 0 bridgehead atoms. The van der Waals surface area contributed by atoms with Crippen LogP contribution < -0.4 is 5.32 Å². The van der Waals surface area contributed by atoms with Crippen LogP contribution in [0.25, 0.3) is 0 Å². The molecule has 1 amide bonds. The van der Waals surface area contributed by atoms with Crippen molar-refractivity contribution in [2.75, 3.05) is 10.8 Å². The van der Waals surface area contributed by atoms with Gasteiger partial charge in [-0.15, -0.1) is 23.5 Å². The van der Waals surface area contributed by atoms with Gasteiger partial charge in [0.2, 0.25) is 6.41 Å². The maximum atomic E-state index is 10.7. The van der Waals surface area contributed by atoms with E-state index >= 15 is 0 Å². The zero-order chi connectivity index (χ0) is 9.68. The van der Waals surface area contributed by atoms with Crippen molar-refractivity contribution >= 4 is 35.9 Å². The molecule has 0 saturated heterocycles. The van der Waals surface area contributed by atoms with E-state index in [1.807, 2.05) is 5.41 Å². The van der Waals surface area contributed by atoms with E-state index in [9.17, 15) is 9.59 Å². The number of nitrogens with one attached hydrogen (secondary N) is 1. The lowest BCUT2D eigenvalue weighted by atomic mass is 10.1. The van der Waals surface area contributed by atoms with Gasteiger partial charge in [-0.2, -0.15) is 0 Å². The molecule has 1 heterocycles. The smallest absolute Gasteiger partial charge is 0.330 e. The molecular formula is C7H9NO3S2. The summed E-state index contributed by atoms with van der Waals surface area (Å²) in [6.45, 7) is 0. The van der Waals surface area contributed by atoms with Gasteiger partial charge >= 0.3 is 5.97 Å². The third-order valence-electron chi connectivity index (χ3n) is 1.51. The molecular weight excluding hydrogens is 210 g/mol. The molecule has 0 saturated carbocycles. The Labute approximate surface area is 84.1 Å². The lowest BCUT2D eigenvalue weighted by molar-refractivity contribution is -0.139. The predicted octanol–water partition coefficient (Wildman–Crippen LogP) is 0.507. The summed E-state index contributed by atoms with van der Waals surface area (Å²) in [5.41, 5.74) is 0.751. The largest absolute Gasteiger partial charge is 0.479 e. The molecule has 0 radical (unpaired) electrons. The highest BCUT2D eigenvalue weighted by Gasteiger charge is 2.22. The van der Waals surface area contributed by atoms with Crippen LogP contribution in [0.2, 0.25) is 0 Å². The molecule has 0 aromatic rings. The number of amides is 1. The number of carboxylic acid groups (broad SMARTS) is 1. The summed E-state index contributed by atoms with van der Waals surface area (Å²) in [6.07, 6.45) is 0.420. The maximum absolute atomic E-state index is 10.7. The molecule has 0 aromatic heterocycles. The molecule has 4 nitrogen and oxygen atoms in total. The van der Waals surface area contributed by atoms with Crippen LogP contribution in [-0.2, 0) is 9.59 Å². The van der Waals surface area contributed by atoms with Crippen molar-refractivity contribution < 1.29 is 14.7 Å². The Morgan fingerprint density at radius 1 is 1.77 bits per heavy atom. The summed E-state index contributed by atoms with van der Waals surface area (Å²) in [5.74, 6) is -0.341. The molecule has 0 aromatic carbocycles. The maximum Gasteiger partial charge on any atom is 0.330 e. The van der Waals surface area contributed by atoms with Crippen molar-refractivity contribution in [3.05, 3.63) is 11.0 Å². The molecule has 1 atom stereocenters. The van der Waals surface area contributed by atoms with Crippen LogP contribution >= 0.6 is 23.5 Å². The van der Waals surface area contributed by atoms with Crippen LogP contribution in [0.1, 0.15) is 0 Å². The van der Waals surface area contributed by atoms with E-state index in [4.69, 9.17) is 5.11 Å². The van der Waals surface area contributed by atoms with Crippen LogP contribution in [-0.4, -0.2) is 34.4 Å². The van der Waals surface area contributed by atoms with Gasteiger partial charge in [0.1, 0.15) is 6.04 Å². The Kier molecular flexibility index (Phi) is 4.17. The van der Waals surface area contributed by atoms with Gasteiger partial charge in [-0.25, -0.2) is 4.79 Å². The first kappa shape index (κ1) is 10.5. The van der Waals surface area contributed by atoms with Crippen molar-refractivity contribution in [2.24, 2.45) is 0 Å². The Morgan fingerprint density at radius 3 is 3.00 bits per heavy atom. The van der Waals surface area contributed by atoms with E-state index in [0.717, 1.165) is 10.7 Å². The minimum Gasteiger partial charge on any atom is -0.479 e. The minimum atomic E-state index is -1.01. The van der Waals surface area contributed by atoms with Gasteiger partial charge in [-0.3, -0.25) is 4.79 Å². The Bertz CT molecular complexity index is 242. The Morgan fingerprint density at radius 2 is 2.54 bits per heavy atom. The predicted molar refractivity (Wildman–Crippen MR) is 53.6 cm³/mol. The fourth-order valence-electron chi connectivity index (χ4n) is 0.939. The molecule has 0 aliphatic carbocycles. The number of carboxylic acids is 1. The zero-order valence-corrected chi connectivity index (χ0v) is 8.36. The first-order valence-corrected chi connectivity index (χ1v) is 5.77. The van der Waals surface area contributed by atoms with Crippen LogP contribution in [0, 0.1) is 0 Å². The van der Waals surface area contributed by atoms with Crippen LogP contribution in [0.3, 0.4) is 0 Å². The highest BCUT2D eigenvalue weighted by molar-refractivity contribution is 8.18. The summed E-state index contributed by atoms with van der Waals surface area (Å²) >= 11 is 3.21. The van der Waals surface area contributed by atoms with Gasteiger partial charge in [0, 0.05) is 10.8 Å². The summed E-state index contributed by atoms with van der Waals surface area (Å²) in [4.78, 5) is 20.9. The average Bonchev–Trinajstić information content (AvgIpc) is 2.15. The number of carbonyl (C=O) groups is 2. The van der Waals surface area contributed by atoms with Gasteiger partial charge in [-0.1, -0.05) is 0 Å². The van der Waals surface area contributed by atoms with Gasteiger partial charge in [0.15, 0.2) is 0 Å². The topological polar surface area (TPSA) is 66.4 Å². The van der Waals surface area contributed by atoms with E-state index in [-0.39, 0.29) is 0 Å². The van der Waals surface area contributed by atoms with Crippen LogP contribution in [0.4, 0.5) is 0 Å². The number of hydrogen-bond donors (Lipinski definition) is 2. The van der Waals surface area contributed by atoms with E-state index in [0.29, 0.717) is 12.2 Å². The fourth-order valence-corrected chi connectivity index (χ4v) is 2.95. The molecule has 2 N–H and O–H groups in total. The van der Waals surface area contributed by atoms with Gasteiger partial charge in [0.05, 0.1) is 0 Å². The molecule has 1 aliphatic heterocycles. The number of thioether (sulfide) groups is 2. The molecule has 0 spiro atoms. The van der Waals surface area contributed by atoms with Crippen molar-refractivity contribution in [1.82, 2.24) is 5.32 Å². The number of carbonyl (C=O) groups excluding carboxylic acids is 1. The number of hydrogen-bond acceptors (Lipinski definition) is 4.